The fraction of sp³-hybridized carbons (Fsp3) is 0.286. The maximum Gasteiger partial charge on any atom is 0.251 e. The molecular formula is C21H23N3O2. The molecule has 0 fully saturated rings. The van der Waals surface area contributed by atoms with E-state index >= 15 is 0 Å². The van der Waals surface area contributed by atoms with Crippen molar-refractivity contribution in [1.82, 2.24) is 15.5 Å². The summed E-state index contributed by atoms with van der Waals surface area (Å²) in [5.41, 5.74) is 3.44. The van der Waals surface area contributed by atoms with Gasteiger partial charge in [-0.3, -0.25) is 4.79 Å². The van der Waals surface area contributed by atoms with E-state index in [1.165, 1.54) is 0 Å². The lowest BCUT2D eigenvalue weighted by molar-refractivity contribution is 0.0952. The van der Waals surface area contributed by atoms with Gasteiger partial charge < -0.3 is 9.73 Å². The molecule has 3 aromatic rings. The van der Waals surface area contributed by atoms with E-state index in [1.807, 2.05) is 43.3 Å². The van der Waals surface area contributed by atoms with Gasteiger partial charge in [0.1, 0.15) is 0 Å². The second-order valence-corrected chi connectivity index (χ2v) is 6.80. The average molecular weight is 349 g/mol. The topological polar surface area (TPSA) is 68.0 Å². The molecule has 0 spiro atoms. The third-order valence-electron chi connectivity index (χ3n) is 4.09. The van der Waals surface area contributed by atoms with E-state index in [1.54, 1.807) is 12.1 Å². The normalized spacial score (nSPS) is 10.9. The summed E-state index contributed by atoms with van der Waals surface area (Å²) in [6, 6.07) is 15.1. The first-order valence-electron chi connectivity index (χ1n) is 8.82. The van der Waals surface area contributed by atoms with E-state index in [0.29, 0.717) is 29.8 Å². The molecule has 5 nitrogen and oxygen atoms in total. The monoisotopic (exact) mass is 349 g/mol. The lowest BCUT2D eigenvalue weighted by Crippen LogP contribution is -2.25. The largest absolute Gasteiger partial charge is 0.416 e. The Labute approximate surface area is 153 Å². The van der Waals surface area contributed by atoms with Gasteiger partial charge in [0, 0.05) is 23.2 Å². The van der Waals surface area contributed by atoms with Crippen molar-refractivity contribution in [1.29, 1.82) is 0 Å². The van der Waals surface area contributed by atoms with Crippen LogP contribution in [0.25, 0.3) is 22.9 Å². The van der Waals surface area contributed by atoms with Gasteiger partial charge in [-0.15, -0.1) is 10.2 Å². The van der Waals surface area contributed by atoms with Crippen LogP contribution in [-0.4, -0.2) is 22.6 Å². The Balaban J connectivity index is 1.70. The van der Waals surface area contributed by atoms with Gasteiger partial charge in [-0.1, -0.05) is 31.5 Å². The molecule has 1 N–H and O–H groups in total. The van der Waals surface area contributed by atoms with Crippen LogP contribution in [0.4, 0.5) is 0 Å². The van der Waals surface area contributed by atoms with Gasteiger partial charge in [-0.05, 0) is 55.7 Å². The Hall–Kier alpha value is -2.95. The number of rotatable bonds is 6. The lowest BCUT2D eigenvalue weighted by atomic mass is 10.1. The Morgan fingerprint density at radius 3 is 2.38 bits per heavy atom. The number of aryl methyl sites for hydroxylation is 1. The first-order valence-corrected chi connectivity index (χ1v) is 8.82. The highest BCUT2D eigenvalue weighted by Crippen LogP contribution is 2.24. The van der Waals surface area contributed by atoms with Gasteiger partial charge in [0.2, 0.25) is 11.8 Å². The standard InChI is InChI=1S/C21H23N3O2/c1-14(2)11-12-22-19(25)16-7-9-17(10-8-16)20-23-24-21(26-20)18-6-4-5-15(3)13-18/h4-10,13-14H,11-12H2,1-3H3,(H,22,25). The van der Waals surface area contributed by atoms with Crippen molar-refractivity contribution in [2.24, 2.45) is 5.92 Å². The molecule has 0 aliphatic heterocycles. The molecule has 0 aliphatic rings. The van der Waals surface area contributed by atoms with E-state index in [2.05, 4.69) is 29.4 Å². The summed E-state index contributed by atoms with van der Waals surface area (Å²) in [6.45, 7) is 6.97. The van der Waals surface area contributed by atoms with E-state index in [4.69, 9.17) is 4.42 Å². The number of nitrogens with zero attached hydrogens (tertiary/aromatic N) is 2. The Morgan fingerprint density at radius 2 is 1.73 bits per heavy atom. The van der Waals surface area contributed by atoms with Crippen LogP contribution in [0.5, 0.6) is 0 Å². The third-order valence-corrected chi connectivity index (χ3v) is 4.09. The molecule has 0 atom stereocenters. The Bertz CT molecular complexity index is 882. The predicted octanol–water partition coefficient (Wildman–Crippen LogP) is 4.49. The molecule has 1 amide bonds. The predicted molar refractivity (Wildman–Crippen MR) is 102 cm³/mol. The minimum Gasteiger partial charge on any atom is -0.416 e. The quantitative estimate of drug-likeness (QED) is 0.712. The fourth-order valence-electron chi connectivity index (χ4n) is 2.58. The maximum atomic E-state index is 12.1. The number of amides is 1. The zero-order valence-corrected chi connectivity index (χ0v) is 15.3. The molecule has 2 aromatic carbocycles. The van der Waals surface area contributed by atoms with Gasteiger partial charge in [-0.25, -0.2) is 0 Å². The summed E-state index contributed by atoms with van der Waals surface area (Å²) in [5.74, 6) is 1.42. The molecule has 0 unspecified atom stereocenters. The van der Waals surface area contributed by atoms with Crippen molar-refractivity contribution in [2.75, 3.05) is 6.54 Å². The lowest BCUT2D eigenvalue weighted by Gasteiger charge is -2.07. The van der Waals surface area contributed by atoms with Crippen molar-refractivity contribution in [2.45, 2.75) is 27.2 Å². The van der Waals surface area contributed by atoms with Crippen molar-refractivity contribution in [3.05, 3.63) is 59.7 Å². The molecule has 0 radical (unpaired) electrons. The van der Waals surface area contributed by atoms with Gasteiger partial charge >= 0.3 is 0 Å². The molecule has 0 saturated carbocycles. The highest BCUT2D eigenvalue weighted by atomic mass is 16.4. The molecule has 0 saturated heterocycles. The molecule has 26 heavy (non-hydrogen) atoms. The van der Waals surface area contributed by atoms with E-state index in [-0.39, 0.29) is 5.91 Å². The van der Waals surface area contributed by atoms with Crippen molar-refractivity contribution < 1.29 is 9.21 Å². The summed E-state index contributed by atoms with van der Waals surface area (Å²) >= 11 is 0. The number of nitrogens with one attached hydrogen (secondary N) is 1. The first kappa shape index (κ1) is 17.9. The average Bonchev–Trinajstić information content (AvgIpc) is 3.11. The number of benzene rings is 2. The number of hydrogen-bond donors (Lipinski definition) is 1. The summed E-state index contributed by atoms with van der Waals surface area (Å²) in [7, 11) is 0. The van der Waals surface area contributed by atoms with Gasteiger partial charge in [0.25, 0.3) is 5.91 Å². The molecule has 0 aliphatic carbocycles. The van der Waals surface area contributed by atoms with Crippen molar-refractivity contribution in [3.63, 3.8) is 0 Å². The minimum absolute atomic E-state index is 0.0665. The fourth-order valence-corrected chi connectivity index (χ4v) is 2.58. The van der Waals surface area contributed by atoms with Crippen LogP contribution in [0.2, 0.25) is 0 Å². The summed E-state index contributed by atoms with van der Waals surface area (Å²) in [6.07, 6.45) is 0.966. The van der Waals surface area contributed by atoms with Crippen LogP contribution in [0.1, 0.15) is 36.2 Å². The van der Waals surface area contributed by atoms with Gasteiger partial charge in [0.05, 0.1) is 0 Å². The van der Waals surface area contributed by atoms with Crippen LogP contribution in [0.15, 0.2) is 52.9 Å². The molecule has 0 bridgehead atoms. The molecule has 1 heterocycles. The summed E-state index contributed by atoms with van der Waals surface area (Å²) in [4.78, 5) is 12.1. The first-order chi connectivity index (χ1) is 12.5. The summed E-state index contributed by atoms with van der Waals surface area (Å²) < 4.78 is 5.78. The number of carbonyl (C=O) groups is 1. The molecule has 3 rings (SSSR count). The van der Waals surface area contributed by atoms with Crippen LogP contribution >= 0.6 is 0 Å². The highest BCUT2D eigenvalue weighted by molar-refractivity contribution is 5.94. The van der Waals surface area contributed by atoms with E-state index in [0.717, 1.165) is 23.1 Å². The highest BCUT2D eigenvalue weighted by Gasteiger charge is 2.12. The minimum atomic E-state index is -0.0665. The van der Waals surface area contributed by atoms with Crippen LogP contribution in [0.3, 0.4) is 0 Å². The zero-order valence-electron chi connectivity index (χ0n) is 15.3. The molecule has 134 valence electrons. The number of carbonyl (C=O) groups excluding carboxylic acids is 1. The molecular weight excluding hydrogens is 326 g/mol. The van der Waals surface area contributed by atoms with Crippen molar-refractivity contribution >= 4 is 5.91 Å². The molecule has 1 aromatic heterocycles. The summed E-state index contributed by atoms with van der Waals surface area (Å²) in [5, 5.41) is 11.2. The Morgan fingerprint density at radius 1 is 1.04 bits per heavy atom. The van der Waals surface area contributed by atoms with Gasteiger partial charge in [-0.2, -0.15) is 0 Å². The van der Waals surface area contributed by atoms with E-state index < -0.39 is 0 Å². The third kappa shape index (κ3) is 4.36. The van der Waals surface area contributed by atoms with Crippen LogP contribution in [-0.2, 0) is 0 Å². The SMILES string of the molecule is Cc1cccc(-c2nnc(-c3ccc(C(=O)NCCC(C)C)cc3)o2)c1. The zero-order chi connectivity index (χ0) is 18.5. The number of hydrogen-bond acceptors (Lipinski definition) is 4. The Kier molecular flexibility index (Phi) is 5.46. The van der Waals surface area contributed by atoms with Gasteiger partial charge in [0.15, 0.2) is 0 Å². The van der Waals surface area contributed by atoms with Crippen LogP contribution < -0.4 is 5.32 Å². The second-order valence-electron chi connectivity index (χ2n) is 6.80. The number of aromatic nitrogens is 2. The van der Waals surface area contributed by atoms with E-state index in [9.17, 15) is 4.79 Å². The second kappa shape index (κ2) is 7.95. The maximum absolute atomic E-state index is 12.1. The molecule has 5 heteroatoms. The van der Waals surface area contributed by atoms with Crippen LogP contribution in [0, 0.1) is 12.8 Å². The smallest absolute Gasteiger partial charge is 0.251 e. The van der Waals surface area contributed by atoms with Crippen molar-refractivity contribution in [3.8, 4) is 22.9 Å².